The largest absolute Gasteiger partial charge is 0.465 e. The van der Waals surface area contributed by atoms with Crippen LogP contribution in [0.15, 0.2) is 28.7 Å². The van der Waals surface area contributed by atoms with Gasteiger partial charge in [-0.3, -0.25) is 4.90 Å². The molecule has 8 nitrogen and oxygen atoms in total. The van der Waals surface area contributed by atoms with Crippen LogP contribution in [-0.2, 0) is 0 Å². The molecule has 0 radical (unpaired) electrons. The molecule has 0 aliphatic carbocycles. The van der Waals surface area contributed by atoms with Crippen molar-refractivity contribution in [3.05, 3.63) is 24.3 Å². The number of benzene rings is 1. The Balaban J connectivity index is 1.74. The lowest BCUT2D eigenvalue weighted by Gasteiger charge is -2.42. The Hall–Kier alpha value is -2.61. The van der Waals surface area contributed by atoms with E-state index < -0.39 is 6.09 Å². The van der Waals surface area contributed by atoms with Gasteiger partial charge in [-0.05, 0) is 62.0 Å². The van der Waals surface area contributed by atoms with Gasteiger partial charge in [0, 0.05) is 23.8 Å². The number of nitrogens with two attached hydrogens (primary N) is 1. The molecule has 0 saturated carbocycles. The highest BCUT2D eigenvalue weighted by Crippen LogP contribution is 2.30. The topological polar surface area (TPSA) is 109 Å². The molecule has 8 heteroatoms. The maximum atomic E-state index is 11.9. The van der Waals surface area contributed by atoms with E-state index >= 15 is 0 Å². The molecule has 1 aromatic carbocycles. The van der Waals surface area contributed by atoms with Gasteiger partial charge in [0.25, 0.3) is 0 Å². The maximum Gasteiger partial charge on any atom is 0.415 e. The first kappa shape index (κ1) is 21.1. The van der Waals surface area contributed by atoms with Crippen molar-refractivity contribution < 1.29 is 14.3 Å². The molecule has 3 rings (SSSR count). The van der Waals surface area contributed by atoms with Crippen LogP contribution in [0.2, 0.25) is 0 Å². The van der Waals surface area contributed by atoms with Crippen molar-refractivity contribution in [3.8, 4) is 11.5 Å². The smallest absolute Gasteiger partial charge is 0.415 e. The fourth-order valence-electron chi connectivity index (χ4n) is 3.98. The summed E-state index contributed by atoms with van der Waals surface area (Å²) in [5.74, 6) is 0.273. The van der Waals surface area contributed by atoms with Gasteiger partial charge in [0.05, 0.1) is 0 Å². The molecule has 1 fully saturated rings. The summed E-state index contributed by atoms with van der Waals surface area (Å²) >= 11 is 0. The Morgan fingerprint density at radius 1 is 1.21 bits per heavy atom. The molecule has 1 atom stereocenters. The van der Waals surface area contributed by atoms with E-state index in [0.717, 1.165) is 18.0 Å². The number of piperidine rings is 1. The Kier molecular flexibility index (Phi) is 6.42. The van der Waals surface area contributed by atoms with Crippen molar-refractivity contribution >= 4 is 17.8 Å². The quantitative estimate of drug-likeness (QED) is 0.702. The van der Waals surface area contributed by atoms with Crippen LogP contribution in [0.3, 0.4) is 0 Å². The minimum absolute atomic E-state index is 0.00405. The molecule has 3 N–H and O–H groups in total. The van der Waals surface area contributed by atoms with E-state index in [-0.39, 0.29) is 23.4 Å². The SMILES string of the molecule is CC(C)(C)C(CCN(C(=O)O)c1nnc(-c2ccc(N)cc2)o1)N1CCCCC1. The van der Waals surface area contributed by atoms with Gasteiger partial charge in [0.1, 0.15) is 0 Å². The van der Waals surface area contributed by atoms with E-state index in [4.69, 9.17) is 10.2 Å². The second kappa shape index (κ2) is 8.82. The number of carboxylic acid groups (broad SMARTS) is 1. The number of amides is 1. The maximum absolute atomic E-state index is 11.9. The van der Waals surface area contributed by atoms with Crippen LogP contribution in [0, 0.1) is 5.41 Å². The lowest BCUT2D eigenvalue weighted by molar-refractivity contribution is 0.0746. The average molecular weight is 402 g/mol. The fourth-order valence-corrected chi connectivity index (χ4v) is 3.98. The molecule has 0 spiro atoms. The van der Waals surface area contributed by atoms with Gasteiger partial charge in [-0.25, -0.2) is 9.69 Å². The summed E-state index contributed by atoms with van der Waals surface area (Å²) in [6, 6.07) is 7.29. The van der Waals surface area contributed by atoms with Crippen molar-refractivity contribution in [3.63, 3.8) is 0 Å². The number of aromatic nitrogens is 2. The normalized spacial score (nSPS) is 16.5. The Morgan fingerprint density at radius 2 is 1.86 bits per heavy atom. The zero-order chi connectivity index (χ0) is 21.0. The molecule has 1 aliphatic heterocycles. The van der Waals surface area contributed by atoms with E-state index in [2.05, 4.69) is 35.9 Å². The highest BCUT2D eigenvalue weighted by atomic mass is 16.4. The zero-order valence-corrected chi connectivity index (χ0v) is 17.5. The van der Waals surface area contributed by atoms with Gasteiger partial charge < -0.3 is 15.3 Å². The minimum atomic E-state index is -1.09. The molecule has 2 aromatic rings. The van der Waals surface area contributed by atoms with Gasteiger partial charge in [-0.15, -0.1) is 5.10 Å². The second-order valence-electron chi connectivity index (χ2n) is 8.71. The molecule has 29 heavy (non-hydrogen) atoms. The molecular weight excluding hydrogens is 370 g/mol. The van der Waals surface area contributed by atoms with Gasteiger partial charge in [-0.2, -0.15) is 0 Å². The number of hydrogen-bond donors (Lipinski definition) is 2. The van der Waals surface area contributed by atoms with Crippen molar-refractivity contribution in [2.24, 2.45) is 5.41 Å². The second-order valence-corrected chi connectivity index (χ2v) is 8.71. The number of nitrogens with zero attached hydrogens (tertiary/aromatic N) is 4. The van der Waals surface area contributed by atoms with Gasteiger partial charge in [0.15, 0.2) is 0 Å². The summed E-state index contributed by atoms with van der Waals surface area (Å²) in [4.78, 5) is 15.5. The zero-order valence-electron chi connectivity index (χ0n) is 17.5. The van der Waals surface area contributed by atoms with E-state index in [9.17, 15) is 9.90 Å². The molecule has 1 amide bonds. The number of anilines is 2. The van der Waals surface area contributed by atoms with Crippen LogP contribution in [0.1, 0.15) is 46.5 Å². The molecule has 1 saturated heterocycles. The number of likely N-dealkylation sites (tertiary alicyclic amines) is 1. The van der Waals surface area contributed by atoms with E-state index in [1.54, 1.807) is 24.3 Å². The predicted molar refractivity (Wildman–Crippen MR) is 113 cm³/mol. The third-order valence-electron chi connectivity index (χ3n) is 5.49. The summed E-state index contributed by atoms with van der Waals surface area (Å²) in [7, 11) is 0. The Morgan fingerprint density at radius 3 is 2.45 bits per heavy atom. The van der Waals surface area contributed by atoms with Gasteiger partial charge in [0.2, 0.25) is 5.89 Å². The van der Waals surface area contributed by atoms with E-state index in [1.807, 2.05) is 0 Å². The molecule has 2 heterocycles. The third kappa shape index (κ3) is 5.26. The summed E-state index contributed by atoms with van der Waals surface area (Å²) in [6.45, 7) is 9.07. The summed E-state index contributed by atoms with van der Waals surface area (Å²) in [5.41, 5.74) is 7.08. The number of nitrogen functional groups attached to an aromatic ring is 1. The summed E-state index contributed by atoms with van der Waals surface area (Å²) in [5, 5.41) is 17.7. The van der Waals surface area contributed by atoms with Crippen LogP contribution in [0.25, 0.3) is 11.5 Å². The van der Waals surface area contributed by atoms with Crippen LogP contribution < -0.4 is 10.6 Å². The monoisotopic (exact) mass is 401 g/mol. The summed E-state index contributed by atoms with van der Waals surface area (Å²) in [6.07, 6.45) is 3.27. The molecule has 1 unspecified atom stereocenters. The van der Waals surface area contributed by atoms with E-state index in [0.29, 0.717) is 24.2 Å². The lowest BCUT2D eigenvalue weighted by Crippen LogP contribution is -2.48. The first-order valence-electron chi connectivity index (χ1n) is 10.2. The van der Waals surface area contributed by atoms with Crippen molar-refractivity contribution in [1.29, 1.82) is 0 Å². The van der Waals surface area contributed by atoms with Crippen LogP contribution in [0.5, 0.6) is 0 Å². The first-order chi connectivity index (χ1) is 13.8. The molecule has 158 valence electrons. The van der Waals surface area contributed by atoms with Crippen LogP contribution >= 0.6 is 0 Å². The van der Waals surface area contributed by atoms with Crippen molar-refractivity contribution in [2.45, 2.75) is 52.5 Å². The number of carbonyl (C=O) groups is 1. The van der Waals surface area contributed by atoms with Gasteiger partial charge in [-0.1, -0.05) is 32.3 Å². The van der Waals surface area contributed by atoms with Crippen molar-refractivity contribution in [2.75, 3.05) is 30.3 Å². The molecule has 0 bridgehead atoms. The van der Waals surface area contributed by atoms with E-state index in [1.165, 1.54) is 19.3 Å². The Labute approximate surface area is 171 Å². The van der Waals surface area contributed by atoms with Crippen LogP contribution in [-0.4, -0.2) is 52.0 Å². The number of hydrogen-bond acceptors (Lipinski definition) is 6. The molecule has 1 aliphatic rings. The van der Waals surface area contributed by atoms with Crippen LogP contribution in [0.4, 0.5) is 16.5 Å². The highest BCUT2D eigenvalue weighted by Gasteiger charge is 2.33. The average Bonchev–Trinajstić information content (AvgIpc) is 3.15. The van der Waals surface area contributed by atoms with Crippen molar-refractivity contribution in [1.82, 2.24) is 15.1 Å². The standard InChI is InChI=1S/C21H31N5O3/c1-21(2,3)17(25-12-5-4-6-13-25)11-14-26(20(27)28)19-24-23-18(29-19)15-7-9-16(22)10-8-15/h7-10,17H,4-6,11-14,22H2,1-3H3,(H,27,28). The fraction of sp³-hybridized carbons (Fsp3) is 0.571. The van der Waals surface area contributed by atoms with Gasteiger partial charge >= 0.3 is 12.1 Å². The molecule has 1 aromatic heterocycles. The predicted octanol–water partition coefficient (Wildman–Crippen LogP) is 4.09. The minimum Gasteiger partial charge on any atom is -0.465 e. The Bertz CT molecular complexity index is 806. The number of rotatable bonds is 6. The summed E-state index contributed by atoms with van der Waals surface area (Å²) < 4.78 is 5.66. The molecular formula is C21H31N5O3. The lowest BCUT2D eigenvalue weighted by atomic mass is 9.82. The highest BCUT2D eigenvalue weighted by molar-refractivity contribution is 5.83. The third-order valence-corrected chi connectivity index (χ3v) is 5.49. The first-order valence-corrected chi connectivity index (χ1v) is 10.2.